The van der Waals surface area contributed by atoms with Gasteiger partial charge in [-0.3, -0.25) is 23.5 Å². The summed E-state index contributed by atoms with van der Waals surface area (Å²) >= 11 is 0. The molecule has 210 valence electrons. The predicted octanol–water partition coefficient (Wildman–Crippen LogP) is 1.98. The second-order valence-corrected chi connectivity index (χ2v) is 10.3. The van der Waals surface area contributed by atoms with Crippen molar-refractivity contribution < 1.29 is 14.4 Å². The number of rotatable bonds is 7. The lowest BCUT2D eigenvalue weighted by Gasteiger charge is -2.33. The molecule has 1 atom stereocenters. The number of benzene rings is 2. The molecule has 3 heterocycles. The standard InChI is InChI=1S/C30H36N6O4/c1-22(37)34-17-8-13-25(21-34)36-26(23-9-4-2-5-10-23)27(29(39)33-18-14-31-15-19-33)35(30(36)40)20-16-32-28(38)24-11-6-3-7-12-24/h2-7,9-12,25,31H,8,13-21H2,1H3,(H,32,38). The molecule has 2 aliphatic rings. The Hall–Kier alpha value is -4.18. The Balaban J connectivity index is 1.58. The smallest absolute Gasteiger partial charge is 0.329 e. The first-order chi connectivity index (χ1) is 19.5. The number of carbonyl (C=O) groups excluding carboxylic acids is 3. The molecule has 3 amide bonds. The highest BCUT2D eigenvalue weighted by molar-refractivity contribution is 5.99. The van der Waals surface area contributed by atoms with Gasteiger partial charge in [0.15, 0.2) is 0 Å². The van der Waals surface area contributed by atoms with Crippen molar-refractivity contribution in [2.75, 3.05) is 45.8 Å². The maximum Gasteiger partial charge on any atom is 0.329 e. The van der Waals surface area contributed by atoms with Crippen LogP contribution in [-0.4, -0.2) is 82.5 Å². The van der Waals surface area contributed by atoms with E-state index in [1.807, 2.05) is 36.4 Å². The quantitative estimate of drug-likeness (QED) is 0.473. The van der Waals surface area contributed by atoms with Crippen LogP contribution in [0.25, 0.3) is 11.3 Å². The third kappa shape index (κ3) is 5.72. The van der Waals surface area contributed by atoms with E-state index in [1.54, 1.807) is 45.6 Å². The number of carbonyl (C=O) groups is 3. The van der Waals surface area contributed by atoms with E-state index in [1.165, 1.54) is 4.57 Å². The number of piperidine rings is 1. The molecule has 0 aliphatic carbocycles. The molecule has 2 fully saturated rings. The van der Waals surface area contributed by atoms with Gasteiger partial charge in [0.25, 0.3) is 11.8 Å². The first-order valence-corrected chi connectivity index (χ1v) is 13.9. The van der Waals surface area contributed by atoms with Crippen LogP contribution < -0.4 is 16.3 Å². The monoisotopic (exact) mass is 544 g/mol. The number of hydrogen-bond acceptors (Lipinski definition) is 5. The molecular formula is C30H36N6O4. The van der Waals surface area contributed by atoms with Crippen LogP contribution in [0.5, 0.6) is 0 Å². The number of nitrogens with zero attached hydrogens (tertiary/aromatic N) is 4. The number of nitrogens with one attached hydrogen (secondary N) is 2. The van der Waals surface area contributed by atoms with E-state index in [9.17, 15) is 19.2 Å². The van der Waals surface area contributed by atoms with Gasteiger partial charge in [-0.2, -0.15) is 0 Å². The molecule has 5 rings (SSSR count). The van der Waals surface area contributed by atoms with Gasteiger partial charge < -0.3 is 20.4 Å². The van der Waals surface area contributed by atoms with Crippen molar-refractivity contribution in [3.63, 3.8) is 0 Å². The van der Waals surface area contributed by atoms with Crippen LogP contribution in [0.15, 0.2) is 65.5 Å². The second kappa shape index (κ2) is 12.3. The van der Waals surface area contributed by atoms with Gasteiger partial charge >= 0.3 is 5.69 Å². The molecule has 2 aromatic carbocycles. The van der Waals surface area contributed by atoms with E-state index in [0.717, 1.165) is 18.4 Å². The maximum atomic E-state index is 14.2. The highest BCUT2D eigenvalue weighted by Gasteiger charge is 2.34. The van der Waals surface area contributed by atoms with Crippen LogP contribution in [0.2, 0.25) is 0 Å². The molecule has 2 aliphatic heterocycles. The summed E-state index contributed by atoms with van der Waals surface area (Å²) in [6.07, 6.45) is 1.49. The minimum Gasteiger partial charge on any atom is -0.350 e. The fourth-order valence-electron chi connectivity index (χ4n) is 5.64. The summed E-state index contributed by atoms with van der Waals surface area (Å²) in [5.41, 5.74) is 1.89. The van der Waals surface area contributed by atoms with E-state index in [-0.39, 0.29) is 42.5 Å². The van der Waals surface area contributed by atoms with Gasteiger partial charge in [0.1, 0.15) is 5.69 Å². The Labute approximate surface area is 233 Å². The van der Waals surface area contributed by atoms with E-state index in [0.29, 0.717) is 56.2 Å². The minimum absolute atomic E-state index is 0.0285. The third-order valence-corrected chi connectivity index (χ3v) is 7.69. The molecule has 0 bridgehead atoms. The fraction of sp³-hybridized carbons (Fsp3) is 0.400. The lowest BCUT2D eigenvalue weighted by Crippen LogP contribution is -2.47. The molecule has 0 radical (unpaired) electrons. The Bertz CT molecular complexity index is 1410. The van der Waals surface area contributed by atoms with Gasteiger partial charge in [-0.25, -0.2) is 4.79 Å². The SMILES string of the molecule is CC(=O)N1CCCC(n2c(-c3ccccc3)c(C(=O)N3CCNCC3)n(CCNC(=O)c3ccccc3)c2=O)C1. The molecule has 2 N–H and O–H groups in total. The van der Waals surface area contributed by atoms with Gasteiger partial charge in [-0.1, -0.05) is 48.5 Å². The van der Waals surface area contributed by atoms with Crippen LogP contribution in [0.4, 0.5) is 0 Å². The Morgan fingerprint density at radius 2 is 1.60 bits per heavy atom. The zero-order chi connectivity index (χ0) is 28.1. The molecule has 40 heavy (non-hydrogen) atoms. The molecule has 2 saturated heterocycles. The Morgan fingerprint density at radius 3 is 2.27 bits per heavy atom. The number of imidazole rings is 1. The second-order valence-electron chi connectivity index (χ2n) is 10.3. The van der Waals surface area contributed by atoms with Crippen molar-refractivity contribution in [1.82, 2.24) is 29.6 Å². The van der Waals surface area contributed by atoms with Crippen LogP contribution in [0.3, 0.4) is 0 Å². The average molecular weight is 545 g/mol. The summed E-state index contributed by atoms with van der Waals surface area (Å²) < 4.78 is 3.24. The lowest BCUT2D eigenvalue weighted by atomic mass is 10.0. The number of hydrogen-bond donors (Lipinski definition) is 2. The number of amides is 3. The van der Waals surface area contributed by atoms with Gasteiger partial charge in [0, 0.05) is 70.4 Å². The van der Waals surface area contributed by atoms with E-state index in [2.05, 4.69) is 10.6 Å². The molecule has 1 unspecified atom stereocenters. The Kier molecular flexibility index (Phi) is 8.45. The first kappa shape index (κ1) is 27.4. The van der Waals surface area contributed by atoms with Crippen molar-refractivity contribution in [2.45, 2.75) is 32.4 Å². The van der Waals surface area contributed by atoms with Gasteiger partial charge in [0.05, 0.1) is 11.7 Å². The maximum absolute atomic E-state index is 14.2. The van der Waals surface area contributed by atoms with Crippen LogP contribution >= 0.6 is 0 Å². The minimum atomic E-state index is -0.304. The van der Waals surface area contributed by atoms with Gasteiger partial charge in [-0.15, -0.1) is 0 Å². The van der Waals surface area contributed by atoms with E-state index in [4.69, 9.17) is 0 Å². The van der Waals surface area contributed by atoms with Gasteiger partial charge in [-0.05, 0) is 25.0 Å². The summed E-state index contributed by atoms with van der Waals surface area (Å²) in [5, 5.41) is 6.17. The summed E-state index contributed by atoms with van der Waals surface area (Å²) in [5.74, 6) is -0.472. The van der Waals surface area contributed by atoms with Crippen molar-refractivity contribution in [3.05, 3.63) is 82.4 Å². The number of likely N-dealkylation sites (tertiary alicyclic amines) is 1. The Morgan fingerprint density at radius 1 is 0.925 bits per heavy atom. The van der Waals surface area contributed by atoms with E-state index < -0.39 is 0 Å². The molecule has 1 aromatic heterocycles. The molecule has 10 nitrogen and oxygen atoms in total. The van der Waals surface area contributed by atoms with Crippen molar-refractivity contribution in [3.8, 4) is 11.3 Å². The van der Waals surface area contributed by atoms with Gasteiger partial charge in [0.2, 0.25) is 5.91 Å². The zero-order valence-corrected chi connectivity index (χ0v) is 22.8. The highest BCUT2D eigenvalue weighted by atomic mass is 16.2. The van der Waals surface area contributed by atoms with Crippen LogP contribution in [0.1, 0.15) is 46.7 Å². The van der Waals surface area contributed by atoms with Crippen LogP contribution in [0, 0.1) is 0 Å². The third-order valence-electron chi connectivity index (χ3n) is 7.69. The van der Waals surface area contributed by atoms with Crippen molar-refractivity contribution >= 4 is 17.7 Å². The molecule has 10 heteroatoms. The molecule has 3 aromatic rings. The summed E-state index contributed by atoms with van der Waals surface area (Å²) in [6, 6.07) is 18.1. The normalized spacial score (nSPS) is 17.5. The van der Waals surface area contributed by atoms with Crippen LogP contribution in [-0.2, 0) is 11.3 Å². The fourth-order valence-corrected chi connectivity index (χ4v) is 5.64. The lowest BCUT2D eigenvalue weighted by molar-refractivity contribution is -0.130. The van der Waals surface area contributed by atoms with Crippen molar-refractivity contribution in [1.29, 1.82) is 0 Å². The average Bonchev–Trinajstić information content (AvgIpc) is 3.29. The molecule has 0 saturated carbocycles. The largest absolute Gasteiger partial charge is 0.350 e. The number of aromatic nitrogens is 2. The molecular weight excluding hydrogens is 508 g/mol. The predicted molar refractivity (Wildman–Crippen MR) is 152 cm³/mol. The first-order valence-electron chi connectivity index (χ1n) is 13.9. The zero-order valence-electron chi connectivity index (χ0n) is 22.8. The molecule has 0 spiro atoms. The van der Waals surface area contributed by atoms with E-state index >= 15 is 0 Å². The topological polar surface area (TPSA) is 109 Å². The summed E-state index contributed by atoms with van der Waals surface area (Å²) in [7, 11) is 0. The summed E-state index contributed by atoms with van der Waals surface area (Å²) in [6.45, 7) is 5.37. The summed E-state index contributed by atoms with van der Waals surface area (Å²) in [4.78, 5) is 56.9. The number of piperazine rings is 1. The highest BCUT2D eigenvalue weighted by Crippen LogP contribution is 2.31. The van der Waals surface area contributed by atoms with Crippen molar-refractivity contribution in [2.24, 2.45) is 0 Å².